The van der Waals surface area contributed by atoms with Gasteiger partial charge in [0, 0.05) is 29.3 Å². The Morgan fingerprint density at radius 2 is 1.11 bits per heavy atom. The molecule has 0 N–H and O–H groups in total. The van der Waals surface area contributed by atoms with E-state index in [9.17, 15) is 0 Å². The Labute approximate surface area is 279 Å². The molecule has 47 heavy (non-hydrogen) atoms. The second-order valence-corrected chi connectivity index (χ2v) is 13.9. The number of fused-ring (bicyclic) bond motifs is 6. The number of hydrogen-bond acceptors (Lipinski definition) is 1. The van der Waals surface area contributed by atoms with Crippen LogP contribution in [0.15, 0.2) is 163 Å². The van der Waals surface area contributed by atoms with Crippen molar-refractivity contribution in [3.63, 3.8) is 0 Å². The van der Waals surface area contributed by atoms with Gasteiger partial charge in [0.2, 0.25) is 0 Å². The summed E-state index contributed by atoms with van der Waals surface area (Å²) in [7, 11) is 2.24. The van der Waals surface area contributed by atoms with Gasteiger partial charge in [-0.05, 0) is 99.3 Å². The van der Waals surface area contributed by atoms with Crippen LogP contribution >= 0.6 is 0 Å². The molecule has 1 aliphatic heterocycles. The molecule has 1 aliphatic carbocycles. The predicted octanol–water partition coefficient (Wildman–Crippen LogP) is 11.4. The van der Waals surface area contributed by atoms with Gasteiger partial charge in [0.1, 0.15) is 0 Å². The molecule has 0 amide bonds. The summed E-state index contributed by atoms with van der Waals surface area (Å²) in [4.78, 5) is 2.43. The Morgan fingerprint density at radius 3 is 1.74 bits per heavy atom. The Bertz CT molecular complexity index is 2240. The molecular weight excluding hydrogens is 567 g/mol. The van der Waals surface area contributed by atoms with Gasteiger partial charge in [0.05, 0.1) is 0 Å². The molecule has 230 valence electrons. The minimum absolute atomic E-state index is 0.162. The fourth-order valence-corrected chi connectivity index (χ4v) is 8.83. The minimum atomic E-state index is -0.192. The normalized spacial score (nSPS) is 21.4. The van der Waals surface area contributed by atoms with Crippen molar-refractivity contribution in [1.82, 2.24) is 0 Å². The summed E-state index contributed by atoms with van der Waals surface area (Å²) >= 11 is 0. The summed E-state index contributed by atoms with van der Waals surface area (Å²) in [6, 6.07) is 48.9. The molecule has 0 bridgehead atoms. The molecule has 0 radical (unpaired) electrons. The van der Waals surface area contributed by atoms with Crippen LogP contribution < -0.4 is 4.90 Å². The number of likely N-dealkylation sites (N-methyl/N-ethyl adjacent to an activating group) is 1. The molecule has 0 saturated heterocycles. The van der Waals surface area contributed by atoms with E-state index in [1.807, 2.05) is 0 Å². The second kappa shape index (κ2) is 11.3. The van der Waals surface area contributed by atoms with Crippen LogP contribution in [0.5, 0.6) is 0 Å². The van der Waals surface area contributed by atoms with Gasteiger partial charge in [-0.1, -0.05) is 146 Å². The third kappa shape index (κ3) is 4.68. The summed E-state index contributed by atoms with van der Waals surface area (Å²) in [5, 5.41) is 5.30. The molecule has 6 aromatic rings. The van der Waals surface area contributed by atoms with Crippen molar-refractivity contribution in [2.24, 2.45) is 0 Å². The summed E-state index contributed by atoms with van der Waals surface area (Å²) in [5.41, 5.74) is 12.0. The van der Waals surface area contributed by atoms with E-state index in [0.717, 1.165) is 12.8 Å². The zero-order valence-corrected chi connectivity index (χ0v) is 27.8. The van der Waals surface area contributed by atoms with E-state index in [1.54, 1.807) is 0 Å². The standard InChI is InChI=1S/C46H41N/c1-32-37-28-26-35-20-11-13-22-38(35)43(37)45(2,30-33-16-7-5-8-17-33)40(32)24-15-25-42-46(3,31-34-18-9-6-10-19-34)44-39-23-14-12-21-36(39)27-29-41(44)47(42)4/h5-29H,30-31H2,1-4H3/b24-15+,42-25+. The highest BCUT2D eigenvalue weighted by atomic mass is 15.2. The van der Waals surface area contributed by atoms with Gasteiger partial charge < -0.3 is 4.90 Å². The first-order valence-corrected chi connectivity index (χ1v) is 16.9. The molecule has 0 saturated carbocycles. The van der Waals surface area contributed by atoms with Gasteiger partial charge in [-0.3, -0.25) is 0 Å². The fraction of sp³-hybridized carbons (Fsp3) is 0.174. The van der Waals surface area contributed by atoms with Crippen molar-refractivity contribution in [1.29, 1.82) is 0 Å². The van der Waals surface area contributed by atoms with Crippen LogP contribution in [0.3, 0.4) is 0 Å². The van der Waals surface area contributed by atoms with Gasteiger partial charge in [-0.2, -0.15) is 0 Å². The number of rotatable bonds is 6. The molecule has 1 heterocycles. The SMILES string of the molecule is CC1=C(/C=C/C=C2/N(C)c3ccc4ccccc4c3C2(C)Cc2ccccc2)C(C)(Cc2ccccc2)c2c1ccc1ccccc21. The summed E-state index contributed by atoms with van der Waals surface area (Å²) in [6.45, 7) is 7.22. The molecule has 0 spiro atoms. The van der Waals surface area contributed by atoms with Crippen LogP contribution in [0, 0.1) is 0 Å². The van der Waals surface area contributed by atoms with E-state index in [4.69, 9.17) is 0 Å². The molecule has 2 unspecified atom stereocenters. The van der Waals surface area contributed by atoms with Gasteiger partial charge >= 0.3 is 0 Å². The van der Waals surface area contributed by atoms with E-state index >= 15 is 0 Å². The summed E-state index contributed by atoms with van der Waals surface area (Å²) < 4.78 is 0. The largest absolute Gasteiger partial charge is 0.347 e. The maximum atomic E-state index is 2.46. The summed E-state index contributed by atoms with van der Waals surface area (Å²) in [5.74, 6) is 0. The van der Waals surface area contributed by atoms with E-state index < -0.39 is 0 Å². The lowest BCUT2D eigenvalue weighted by Gasteiger charge is -2.31. The van der Waals surface area contributed by atoms with Gasteiger partial charge in [-0.15, -0.1) is 0 Å². The Morgan fingerprint density at radius 1 is 0.574 bits per heavy atom. The Hall–Kier alpha value is -5.14. The lowest BCUT2D eigenvalue weighted by atomic mass is 9.72. The maximum Gasteiger partial charge on any atom is 0.0454 e. The molecule has 0 aromatic heterocycles. The van der Waals surface area contributed by atoms with E-state index in [2.05, 4.69) is 184 Å². The first-order valence-electron chi connectivity index (χ1n) is 16.9. The third-order valence-corrected chi connectivity index (χ3v) is 10.9. The van der Waals surface area contributed by atoms with Gasteiger partial charge in [-0.25, -0.2) is 0 Å². The Balaban J connectivity index is 1.26. The molecule has 2 atom stereocenters. The highest BCUT2D eigenvalue weighted by Crippen LogP contribution is 2.53. The van der Waals surface area contributed by atoms with Crippen molar-refractivity contribution in [3.8, 4) is 0 Å². The lowest BCUT2D eigenvalue weighted by Crippen LogP contribution is -2.29. The van der Waals surface area contributed by atoms with E-state index in [1.165, 1.54) is 71.9 Å². The molecule has 2 aliphatic rings. The van der Waals surface area contributed by atoms with Crippen molar-refractivity contribution in [3.05, 3.63) is 191 Å². The highest BCUT2D eigenvalue weighted by Gasteiger charge is 2.44. The molecule has 1 heteroatoms. The number of anilines is 1. The first-order chi connectivity index (χ1) is 22.9. The van der Waals surface area contributed by atoms with Crippen molar-refractivity contribution in [2.75, 3.05) is 11.9 Å². The van der Waals surface area contributed by atoms with Crippen LogP contribution in [-0.4, -0.2) is 7.05 Å². The number of hydrogen-bond donors (Lipinski definition) is 0. The van der Waals surface area contributed by atoms with Crippen molar-refractivity contribution < 1.29 is 0 Å². The first kappa shape index (κ1) is 29.3. The van der Waals surface area contributed by atoms with Gasteiger partial charge in [0.15, 0.2) is 0 Å². The molecule has 8 rings (SSSR count). The van der Waals surface area contributed by atoms with Crippen LogP contribution in [0.2, 0.25) is 0 Å². The molecule has 1 nitrogen and oxygen atoms in total. The molecule has 0 fully saturated rings. The number of nitrogens with zero attached hydrogens (tertiary/aromatic N) is 1. The van der Waals surface area contributed by atoms with Crippen molar-refractivity contribution >= 4 is 32.8 Å². The summed E-state index contributed by atoms with van der Waals surface area (Å²) in [6.07, 6.45) is 9.02. The monoisotopic (exact) mass is 607 g/mol. The quantitative estimate of drug-likeness (QED) is 0.182. The zero-order valence-electron chi connectivity index (χ0n) is 27.8. The van der Waals surface area contributed by atoms with Crippen LogP contribution in [-0.2, 0) is 23.7 Å². The second-order valence-electron chi connectivity index (χ2n) is 13.9. The fourth-order valence-electron chi connectivity index (χ4n) is 8.83. The van der Waals surface area contributed by atoms with E-state index in [-0.39, 0.29) is 10.8 Å². The maximum absolute atomic E-state index is 2.46. The zero-order chi connectivity index (χ0) is 32.2. The third-order valence-electron chi connectivity index (χ3n) is 10.9. The van der Waals surface area contributed by atoms with Crippen LogP contribution in [0.4, 0.5) is 5.69 Å². The van der Waals surface area contributed by atoms with Crippen molar-refractivity contribution in [2.45, 2.75) is 44.4 Å². The average Bonchev–Trinajstić information content (AvgIpc) is 3.44. The lowest BCUT2D eigenvalue weighted by molar-refractivity contribution is 0.571. The van der Waals surface area contributed by atoms with Crippen LogP contribution in [0.1, 0.15) is 48.6 Å². The highest BCUT2D eigenvalue weighted by molar-refractivity contribution is 5.97. The number of allylic oxidation sites excluding steroid dienone is 6. The van der Waals surface area contributed by atoms with Gasteiger partial charge in [0.25, 0.3) is 0 Å². The molecule has 6 aromatic carbocycles. The predicted molar refractivity (Wildman–Crippen MR) is 201 cm³/mol. The Kier molecular flexibility index (Phi) is 7.03. The topological polar surface area (TPSA) is 3.24 Å². The average molecular weight is 608 g/mol. The van der Waals surface area contributed by atoms with Crippen LogP contribution in [0.25, 0.3) is 27.1 Å². The minimum Gasteiger partial charge on any atom is -0.347 e. The smallest absolute Gasteiger partial charge is 0.0454 e. The molecular formula is C46H41N. The number of benzene rings is 6. The van der Waals surface area contributed by atoms with E-state index in [0.29, 0.717) is 0 Å².